The highest BCUT2D eigenvalue weighted by Crippen LogP contribution is 2.40. The molecule has 0 unspecified atom stereocenters. The molecular formula is C21H29N3O3. The average Bonchev–Trinajstić information content (AvgIpc) is 3.49. The van der Waals surface area contributed by atoms with Gasteiger partial charge in [-0.2, -0.15) is 0 Å². The molecule has 0 radical (unpaired) electrons. The number of amides is 3. The molecule has 1 aliphatic carbocycles. The van der Waals surface area contributed by atoms with Crippen molar-refractivity contribution in [2.24, 2.45) is 11.3 Å². The summed E-state index contributed by atoms with van der Waals surface area (Å²) in [4.78, 5) is 29.1. The highest BCUT2D eigenvalue weighted by atomic mass is 16.5. The predicted molar refractivity (Wildman–Crippen MR) is 104 cm³/mol. The van der Waals surface area contributed by atoms with E-state index in [1.54, 1.807) is 7.11 Å². The topological polar surface area (TPSA) is 61.9 Å². The quantitative estimate of drug-likeness (QED) is 0.883. The monoisotopic (exact) mass is 371 g/mol. The number of piperidine rings is 2. The Hall–Kier alpha value is -2.24. The number of carbonyl (C=O) groups excluding carboxylic acids is 2. The van der Waals surface area contributed by atoms with Crippen molar-refractivity contribution >= 4 is 17.6 Å². The number of hydrogen-bond acceptors (Lipinski definition) is 3. The minimum atomic E-state index is -0.0621. The third-order valence-corrected chi connectivity index (χ3v) is 6.19. The van der Waals surface area contributed by atoms with Crippen molar-refractivity contribution in [3.05, 3.63) is 24.3 Å². The number of anilines is 1. The molecule has 6 heteroatoms. The number of ether oxygens (including phenoxy) is 1. The van der Waals surface area contributed by atoms with Crippen LogP contribution in [0.2, 0.25) is 0 Å². The summed E-state index contributed by atoms with van der Waals surface area (Å²) < 4.78 is 5.23. The maximum absolute atomic E-state index is 12.8. The van der Waals surface area contributed by atoms with Gasteiger partial charge in [-0.3, -0.25) is 4.79 Å². The Morgan fingerprint density at radius 1 is 1.30 bits per heavy atom. The SMILES string of the molecule is COc1cccc(NC(=O)N2CCC[C@]3(CCC(=O)N(CC4CC4)C3)C2)c1. The minimum absolute atomic E-state index is 0.0621. The van der Waals surface area contributed by atoms with Gasteiger partial charge in [0.1, 0.15) is 5.75 Å². The van der Waals surface area contributed by atoms with E-state index in [-0.39, 0.29) is 11.4 Å². The summed E-state index contributed by atoms with van der Waals surface area (Å²) in [6.45, 7) is 3.23. The van der Waals surface area contributed by atoms with Gasteiger partial charge in [0, 0.05) is 49.8 Å². The van der Waals surface area contributed by atoms with Crippen LogP contribution in [0.5, 0.6) is 5.75 Å². The number of nitrogens with zero attached hydrogens (tertiary/aromatic N) is 2. The van der Waals surface area contributed by atoms with Gasteiger partial charge in [0.05, 0.1) is 7.11 Å². The van der Waals surface area contributed by atoms with Crippen LogP contribution in [0, 0.1) is 11.3 Å². The normalized spacial score (nSPS) is 25.6. The second kappa shape index (κ2) is 7.41. The maximum Gasteiger partial charge on any atom is 0.321 e. The Kier molecular flexibility index (Phi) is 4.98. The molecule has 0 bridgehead atoms. The fourth-order valence-corrected chi connectivity index (χ4v) is 4.50. The number of carbonyl (C=O) groups is 2. The molecule has 3 amide bonds. The lowest BCUT2D eigenvalue weighted by Crippen LogP contribution is -2.56. The molecule has 1 aromatic carbocycles. The van der Waals surface area contributed by atoms with E-state index in [1.165, 1.54) is 12.8 Å². The number of hydrogen-bond donors (Lipinski definition) is 1. The summed E-state index contributed by atoms with van der Waals surface area (Å²) in [6.07, 6.45) is 6.13. The highest BCUT2D eigenvalue weighted by molar-refractivity contribution is 5.89. The number of methoxy groups -OCH3 is 1. The van der Waals surface area contributed by atoms with Crippen molar-refractivity contribution in [1.82, 2.24) is 9.80 Å². The van der Waals surface area contributed by atoms with E-state index in [1.807, 2.05) is 29.2 Å². The number of likely N-dealkylation sites (tertiary alicyclic amines) is 2. The van der Waals surface area contributed by atoms with Crippen LogP contribution in [0.3, 0.4) is 0 Å². The van der Waals surface area contributed by atoms with E-state index < -0.39 is 0 Å². The largest absolute Gasteiger partial charge is 0.497 e. The number of urea groups is 1. The standard InChI is InChI=1S/C21H29N3O3/c1-27-18-5-2-4-17(12-18)22-20(26)23-11-3-9-21(14-23)10-8-19(25)24(15-21)13-16-6-7-16/h2,4-5,12,16H,3,6-11,13-15H2,1H3,(H,22,26)/t21-/m0/s1. The Morgan fingerprint density at radius 3 is 2.93 bits per heavy atom. The summed E-state index contributed by atoms with van der Waals surface area (Å²) in [6, 6.07) is 7.37. The van der Waals surface area contributed by atoms with Gasteiger partial charge < -0.3 is 19.9 Å². The minimum Gasteiger partial charge on any atom is -0.497 e. The van der Waals surface area contributed by atoms with Crippen LogP contribution < -0.4 is 10.1 Å². The van der Waals surface area contributed by atoms with Crippen LogP contribution in [-0.2, 0) is 4.79 Å². The van der Waals surface area contributed by atoms with E-state index in [0.29, 0.717) is 18.2 Å². The summed E-state index contributed by atoms with van der Waals surface area (Å²) in [5.41, 5.74) is 0.806. The Balaban J connectivity index is 1.40. The van der Waals surface area contributed by atoms with Gasteiger partial charge in [-0.15, -0.1) is 0 Å². The predicted octanol–water partition coefficient (Wildman–Crippen LogP) is 3.34. The zero-order chi connectivity index (χ0) is 18.9. The van der Waals surface area contributed by atoms with Gasteiger partial charge in [-0.1, -0.05) is 6.07 Å². The first kappa shape index (κ1) is 18.1. The van der Waals surface area contributed by atoms with Gasteiger partial charge >= 0.3 is 6.03 Å². The Bertz CT molecular complexity index is 718. The van der Waals surface area contributed by atoms with E-state index in [4.69, 9.17) is 4.74 Å². The van der Waals surface area contributed by atoms with E-state index >= 15 is 0 Å². The first-order valence-corrected chi connectivity index (χ1v) is 10.0. The van der Waals surface area contributed by atoms with Gasteiger partial charge in [-0.05, 0) is 50.2 Å². The average molecular weight is 371 g/mol. The lowest BCUT2D eigenvalue weighted by atomic mass is 9.73. The third kappa shape index (κ3) is 4.20. The van der Waals surface area contributed by atoms with Crippen LogP contribution in [0.1, 0.15) is 38.5 Å². The molecule has 1 N–H and O–H groups in total. The van der Waals surface area contributed by atoms with Crippen LogP contribution in [0.4, 0.5) is 10.5 Å². The first-order valence-electron chi connectivity index (χ1n) is 10.0. The van der Waals surface area contributed by atoms with Crippen molar-refractivity contribution < 1.29 is 14.3 Å². The lowest BCUT2D eigenvalue weighted by molar-refractivity contribution is -0.139. The molecule has 2 aliphatic heterocycles. The van der Waals surface area contributed by atoms with Crippen LogP contribution in [0.15, 0.2) is 24.3 Å². The van der Waals surface area contributed by atoms with Crippen molar-refractivity contribution in [1.29, 1.82) is 0 Å². The molecule has 6 nitrogen and oxygen atoms in total. The van der Waals surface area contributed by atoms with Crippen LogP contribution in [0.25, 0.3) is 0 Å². The lowest BCUT2D eigenvalue weighted by Gasteiger charge is -2.48. The number of rotatable bonds is 4. The van der Waals surface area contributed by atoms with E-state index in [0.717, 1.165) is 56.9 Å². The smallest absolute Gasteiger partial charge is 0.321 e. The summed E-state index contributed by atoms with van der Waals surface area (Å²) in [5.74, 6) is 1.73. The fourth-order valence-electron chi connectivity index (χ4n) is 4.50. The molecule has 1 atom stereocenters. The summed E-state index contributed by atoms with van der Waals surface area (Å²) >= 11 is 0. The fraction of sp³-hybridized carbons (Fsp3) is 0.619. The molecule has 2 heterocycles. The molecule has 2 saturated heterocycles. The van der Waals surface area contributed by atoms with Gasteiger partial charge in [0.25, 0.3) is 0 Å². The summed E-state index contributed by atoms with van der Waals surface area (Å²) in [5, 5.41) is 3.00. The molecule has 4 rings (SSSR count). The molecule has 1 aromatic rings. The van der Waals surface area contributed by atoms with Crippen molar-refractivity contribution in [2.45, 2.75) is 38.5 Å². The van der Waals surface area contributed by atoms with Crippen molar-refractivity contribution in [3.63, 3.8) is 0 Å². The molecule has 27 heavy (non-hydrogen) atoms. The van der Waals surface area contributed by atoms with Crippen molar-refractivity contribution in [2.75, 3.05) is 38.6 Å². The molecule has 1 spiro atoms. The Labute approximate surface area is 160 Å². The Morgan fingerprint density at radius 2 is 2.15 bits per heavy atom. The molecule has 146 valence electrons. The van der Waals surface area contributed by atoms with Gasteiger partial charge in [0.15, 0.2) is 0 Å². The molecule has 1 saturated carbocycles. The van der Waals surface area contributed by atoms with Gasteiger partial charge in [0.2, 0.25) is 5.91 Å². The molecule has 0 aromatic heterocycles. The second-order valence-electron chi connectivity index (χ2n) is 8.40. The second-order valence-corrected chi connectivity index (χ2v) is 8.40. The molecule has 3 aliphatic rings. The number of benzene rings is 1. The van der Waals surface area contributed by atoms with Gasteiger partial charge in [-0.25, -0.2) is 4.79 Å². The number of nitrogens with one attached hydrogen (secondary N) is 1. The van der Waals surface area contributed by atoms with E-state index in [9.17, 15) is 9.59 Å². The molecular weight excluding hydrogens is 342 g/mol. The third-order valence-electron chi connectivity index (χ3n) is 6.19. The first-order chi connectivity index (χ1) is 13.1. The molecule has 3 fully saturated rings. The maximum atomic E-state index is 12.8. The van der Waals surface area contributed by atoms with E-state index in [2.05, 4.69) is 10.2 Å². The van der Waals surface area contributed by atoms with Crippen molar-refractivity contribution in [3.8, 4) is 5.75 Å². The zero-order valence-electron chi connectivity index (χ0n) is 16.1. The highest BCUT2D eigenvalue weighted by Gasteiger charge is 2.43. The van der Waals surface area contributed by atoms with Crippen LogP contribution in [-0.4, -0.2) is 55.0 Å². The zero-order valence-corrected chi connectivity index (χ0v) is 16.1. The van der Waals surface area contributed by atoms with Crippen LogP contribution >= 0.6 is 0 Å². The summed E-state index contributed by atoms with van der Waals surface area (Å²) in [7, 11) is 1.62.